The van der Waals surface area contributed by atoms with E-state index in [9.17, 15) is 8.42 Å². The Labute approximate surface area is 174 Å². The van der Waals surface area contributed by atoms with E-state index in [0.29, 0.717) is 4.90 Å². The minimum Gasteiger partial charge on any atom is -0.207 e. The van der Waals surface area contributed by atoms with Crippen LogP contribution in [0.15, 0.2) is 95.9 Å². The highest BCUT2D eigenvalue weighted by atomic mass is 32.2. The molecule has 29 heavy (non-hydrogen) atoms. The van der Waals surface area contributed by atoms with Gasteiger partial charge in [0.05, 0.1) is 10.9 Å². The van der Waals surface area contributed by atoms with E-state index in [0.717, 1.165) is 16.7 Å². The average molecular weight is 406 g/mol. The maximum atomic E-state index is 13.6. The molecule has 3 rings (SSSR count). The highest BCUT2D eigenvalue weighted by Gasteiger charge is 2.33. The molecule has 0 amide bonds. The van der Waals surface area contributed by atoms with Crippen molar-refractivity contribution in [1.82, 2.24) is 4.31 Å². The summed E-state index contributed by atoms with van der Waals surface area (Å²) in [5, 5.41) is 0. The zero-order chi connectivity index (χ0) is 20.9. The first kappa shape index (κ1) is 21.0. The molecule has 0 saturated carbocycles. The molecule has 0 saturated heterocycles. The summed E-state index contributed by atoms with van der Waals surface area (Å²) in [5.74, 6) is 0. The molecule has 0 spiro atoms. The van der Waals surface area contributed by atoms with Gasteiger partial charge in [-0.1, -0.05) is 90.5 Å². The van der Waals surface area contributed by atoms with Crippen molar-refractivity contribution in [3.8, 4) is 0 Å². The summed E-state index contributed by atoms with van der Waals surface area (Å²) in [7, 11) is -3.69. The third-order valence-electron chi connectivity index (χ3n) is 4.79. The van der Waals surface area contributed by atoms with Gasteiger partial charge in [0, 0.05) is 6.04 Å². The van der Waals surface area contributed by atoms with Crippen LogP contribution in [-0.2, 0) is 10.0 Å². The van der Waals surface area contributed by atoms with Gasteiger partial charge in [-0.25, -0.2) is 8.42 Å². The van der Waals surface area contributed by atoms with E-state index in [-0.39, 0.29) is 6.04 Å². The van der Waals surface area contributed by atoms with Crippen molar-refractivity contribution in [2.45, 2.75) is 37.8 Å². The van der Waals surface area contributed by atoms with Crippen LogP contribution in [0, 0.1) is 6.92 Å². The fourth-order valence-corrected chi connectivity index (χ4v) is 5.11. The van der Waals surface area contributed by atoms with Crippen LogP contribution in [0.25, 0.3) is 6.08 Å². The van der Waals surface area contributed by atoms with Crippen LogP contribution in [0.4, 0.5) is 0 Å². The van der Waals surface area contributed by atoms with Gasteiger partial charge in [0.25, 0.3) is 0 Å². The Bertz CT molecular complexity index is 1040. The van der Waals surface area contributed by atoms with Crippen molar-refractivity contribution in [1.29, 1.82) is 0 Å². The van der Waals surface area contributed by atoms with Crippen LogP contribution < -0.4 is 0 Å². The maximum absolute atomic E-state index is 13.6. The predicted molar refractivity (Wildman–Crippen MR) is 120 cm³/mol. The van der Waals surface area contributed by atoms with Crippen LogP contribution in [0.1, 0.15) is 36.6 Å². The number of hydrogen-bond donors (Lipinski definition) is 0. The molecule has 0 aromatic heterocycles. The second kappa shape index (κ2) is 9.21. The highest BCUT2D eigenvalue weighted by molar-refractivity contribution is 7.89. The first-order valence-corrected chi connectivity index (χ1v) is 11.2. The quantitative estimate of drug-likeness (QED) is 0.494. The SMILES string of the molecule is Cc1ccc(S(=O)(=O)N(C(C)C)C(/C=C/c2ccccc2)c2ccccc2)cc1. The van der Waals surface area contributed by atoms with Crippen LogP contribution in [-0.4, -0.2) is 18.8 Å². The second-order valence-corrected chi connectivity index (χ2v) is 9.21. The summed E-state index contributed by atoms with van der Waals surface area (Å²) in [4.78, 5) is 0.311. The molecular formula is C25H27NO2S. The number of nitrogens with zero attached hydrogens (tertiary/aromatic N) is 1. The van der Waals surface area contributed by atoms with E-state index in [1.54, 1.807) is 16.4 Å². The van der Waals surface area contributed by atoms with Crippen LogP contribution in [0.3, 0.4) is 0 Å². The van der Waals surface area contributed by atoms with Crippen molar-refractivity contribution >= 4 is 16.1 Å². The Morgan fingerprint density at radius 2 is 1.34 bits per heavy atom. The van der Waals surface area contributed by atoms with E-state index < -0.39 is 16.1 Å². The van der Waals surface area contributed by atoms with E-state index in [1.807, 2.05) is 106 Å². The fraction of sp³-hybridized carbons (Fsp3) is 0.200. The molecule has 3 nitrogen and oxygen atoms in total. The molecule has 1 unspecified atom stereocenters. The zero-order valence-electron chi connectivity index (χ0n) is 17.1. The zero-order valence-corrected chi connectivity index (χ0v) is 17.9. The minimum absolute atomic E-state index is 0.216. The van der Waals surface area contributed by atoms with E-state index >= 15 is 0 Å². The van der Waals surface area contributed by atoms with E-state index in [4.69, 9.17) is 0 Å². The number of benzene rings is 3. The average Bonchev–Trinajstić information content (AvgIpc) is 2.72. The van der Waals surface area contributed by atoms with Crippen LogP contribution in [0.2, 0.25) is 0 Å². The standard InChI is InChI=1S/C25H27NO2S/c1-20(2)26(29(27,28)24-17-14-21(3)15-18-24)25(23-12-8-5-9-13-23)19-16-22-10-6-4-7-11-22/h4-20,25H,1-3H3/b19-16+. The van der Waals surface area contributed by atoms with E-state index in [2.05, 4.69) is 0 Å². The molecule has 3 aromatic carbocycles. The van der Waals surface area contributed by atoms with Crippen molar-refractivity contribution in [3.05, 3.63) is 108 Å². The molecule has 0 aliphatic carbocycles. The Morgan fingerprint density at radius 3 is 1.90 bits per heavy atom. The maximum Gasteiger partial charge on any atom is 0.244 e. The molecular weight excluding hydrogens is 378 g/mol. The van der Waals surface area contributed by atoms with Crippen molar-refractivity contribution < 1.29 is 8.42 Å². The van der Waals surface area contributed by atoms with Gasteiger partial charge >= 0.3 is 0 Å². The molecule has 0 aliphatic rings. The van der Waals surface area contributed by atoms with Gasteiger partial charge in [-0.15, -0.1) is 0 Å². The summed E-state index contributed by atoms with van der Waals surface area (Å²) in [5.41, 5.74) is 3.00. The summed E-state index contributed by atoms with van der Waals surface area (Å²) >= 11 is 0. The smallest absolute Gasteiger partial charge is 0.207 e. The third kappa shape index (κ3) is 5.03. The van der Waals surface area contributed by atoms with Gasteiger partial charge in [-0.05, 0) is 44.0 Å². The van der Waals surface area contributed by atoms with Gasteiger partial charge in [-0.2, -0.15) is 4.31 Å². The number of aryl methyl sites for hydroxylation is 1. The lowest BCUT2D eigenvalue weighted by atomic mass is 10.0. The predicted octanol–water partition coefficient (Wildman–Crippen LogP) is 5.85. The van der Waals surface area contributed by atoms with Gasteiger partial charge < -0.3 is 0 Å². The number of hydrogen-bond acceptors (Lipinski definition) is 2. The number of rotatable bonds is 7. The molecule has 150 valence electrons. The van der Waals surface area contributed by atoms with E-state index in [1.165, 1.54) is 0 Å². The summed E-state index contributed by atoms with van der Waals surface area (Å²) in [6, 6.07) is 26.1. The Kier molecular flexibility index (Phi) is 6.68. The minimum atomic E-state index is -3.69. The van der Waals surface area contributed by atoms with Crippen molar-refractivity contribution in [3.63, 3.8) is 0 Å². The lowest BCUT2D eigenvalue weighted by Gasteiger charge is -2.32. The monoisotopic (exact) mass is 405 g/mol. The highest BCUT2D eigenvalue weighted by Crippen LogP contribution is 2.32. The first-order chi connectivity index (χ1) is 13.9. The fourth-order valence-electron chi connectivity index (χ4n) is 3.34. The van der Waals surface area contributed by atoms with Gasteiger partial charge in [0.1, 0.15) is 0 Å². The van der Waals surface area contributed by atoms with Gasteiger partial charge in [0.15, 0.2) is 0 Å². The summed E-state index contributed by atoms with van der Waals surface area (Å²) in [6.45, 7) is 5.78. The van der Waals surface area contributed by atoms with Crippen molar-refractivity contribution in [2.75, 3.05) is 0 Å². The third-order valence-corrected chi connectivity index (χ3v) is 6.86. The molecule has 0 aliphatic heterocycles. The lowest BCUT2D eigenvalue weighted by molar-refractivity contribution is 0.313. The Morgan fingerprint density at radius 1 is 0.793 bits per heavy atom. The van der Waals surface area contributed by atoms with Gasteiger partial charge in [-0.3, -0.25) is 0 Å². The molecule has 0 heterocycles. The normalized spacial score (nSPS) is 13.3. The molecule has 0 bridgehead atoms. The topological polar surface area (TPSA) is 37.4 Å². The first-order valence-electron chi connectivity index (χ1n) is 9.78. The van der Waals surface area contributed by atoms with Crippen LogP contribution in [0.5, 0.6) is 0 Å². The molecule has 4 heteroatoms. The van der Waals surface area contributed by atoms with Crippen LogP contribution >= 0.6 is 0 Å². The lowest BCUT2D eigenvalue weighted by Crippen LogP contribution is -2.39. The van der Waals surface area contributed by atoms with Gasteiger partial charge in [0.2, 0.25) is 10.0 Å². The second-order valence-electron chi connectivity index (χ2n) is 7.37. The molecule has 0 fully saturated rings. The largest absolute Gasteiger partial charge is 0.244 e. The summed E-state index contributed by atoms with van der Waals surface area (Å²) < 4.78 is 28.8. The molecule has 3 aromatic rings. The molecule has 0 radical (unpaired) electrons. The summed E-state index contributed by atoms with van der Waals surface area (Å²) in [6.07, 6.45) is 3.95. The molecule has 0 N–H and O–H groups in total. The Hall–Kier alpha value is -2.69. The number of sulfonamides is 1. The van der Waals surface area contributed by atoms with Crippen molar-refractivity contribution in [2.24, 2.45) is 0 Å². The molecule has 1 atom stereocenters. The Balaban J connectivity index is 2.09.